The van der Waals surface area contributed by atoms with Gasteiger partial charge in [-0.2, -0.15) is 4.98 Å². The van der Waals surface area contributed by atoms with E-state index in [4.69, 9.17) is 4.52 Å². The molecule has 20 heavy (non-hydrogen) atoms. The van der Waals surface area contributed by atoms with Gasteiger partial charge in [-0.05, 0) is 18.6 Å². The van der Waals surface area contributed by atoms with Crippen molar-refractivity contribution < 1.29 is 13.3 Å². The van der Waals surface area contributed by atoms with E-state index in [-0.39, 0.29) is 5.69 Å². The van der Waals surface area contributed by atoms with Gasteiger partial charge in [-0.25, -0.2) is 13.8 Å². The molecule has 0 bridgehead atoms. The van der Waals surface area contributed by atoms with E-state index in [0.29, 0.717) is 29.0 Å². The van der Waals surface area contributed by atoms with Gasteiger partial charge in [-0.1, -0.05) is 12.1 Å². The largest absolute Gasteiger partial charge is 0.337 e. The summed E-state index contributed by atoms with van der Waals surface area (Å²) in [6.07, 6.45) is 1.91. The first kappa shape index (κ1) is 12.5. The minimum Gasteiger partial charge on any atom is -0.337 e. The second-order valence-corrected chi connectivity index (χ2v) is 4.13. The van der Waals surface area contributed by atoms with Gasteiger partial charge in [0.25, 0.3) is 5.71 Å². The molecule has 2 aromatic heterocycles. The lowest BCUT2D eigenvalue weighted by molar-refractivity contribution is 0.439. The first-order chi connectivity index (χ1) is 9.69. The Hall–Kier alpha value is -2.57. The van der Waals surface area contributed by atoms with Crippen LogP contribution < -0.4 is 5.32 Å². The van der Waals surface area contributed by atoms with E-state index in [2.05, 4.69) is 20.4 Å². The summed E-state index contributed by atoms with van der Waals surface area (Å²) >= 11 is 0. The molecule has 0 saturated carbocycles. The summed E-state index contributed by atoms with van der Waals surface area (Å²) in [6, 6.07) is 3.27. The molecule has 0 unspecified atom stereocenters. The van der Waals surface area contributed by atoms with E-state index in [9.17, 15) is 8.78 Å². The van der Waals surface area contributed by atoms with Crippen molar-refractivity contribution in [2.24, 2.45) is 0 Å². The lowest BCUT2D eigenvalue weighted by Gasteiger charge is -2.07. The molecule has 2 heterocycles. The molecule has 0 radical (unpaired) electrons. The Kier molecular flexibility index (Phi) is 3.02. The fourth-order valence-corrected chi connectivity index (χ4v) is 1.90. The van der Waals surface area contributed by atoms with Crippen LogP contribution in [-0.2, 0) is 6.42 Å². The molecule has 0 aliphatic rings. The zero-order chi connectivity index (χ0) is 14.1. The smallest absolute Gasteiger partial charge is 0.263 e. The van der Waals surface area contributed by atoms with Crippen LogP contribution in [0.25, 0.3) is 11.1 Å². The Morgan fingerprint density at radius 1 is 1.25 bits per heavy atom. The second kappa shape index (κ2) is 4.84. The number of aromatic nitrogens is 3. The summed E-state index contributed by atoms with van der Waals surface area (Å²) in [7, 11) is 0. The predicted octanol–water partition coefficient (Wildman–Crippen LogP) is 3.20. The number of aryl methyl sites for hydroxylation is 1. The van der Waals surface area contributed by atoms with Gasteiger partial charge in [0.15, 0.2) is 0 Å². The Bertz CT molecular complexity index is 772. The monoisotopic (exact) mass is 276 g/mol. The topological polar surface area (TPSA) is 63.8 Å². The van der Waals surface area contributed by atoms with Crippen LogP contribution in [0.3, 0.4) is 0 Å². The van der Waals surface area contributed by atoms with Gasteiger partial charge in [0.05, 0.1) is 11.4 Å². The third kappa shape index (κ3) is 2.07. The van der Waals surface area contributed by atoms with Crippen molar-refractivity contribution in [3.8, 4) is 0 Å². The fourth-order valence-electron chi connectivity index (χ4n) is 1.90. The second-order valence-electron chi connectivity index (χ2n) is 4.13. The Morgan fingerprint density at radius 3 is 2.85 bits per heavy atom. The number of hydrogen-bond donors (Lipinski definition) is 1. The molecule has 0 aliphatic heterocycles. The molecule has 1 aromatic carbocycles. The zero-order valence-electron chi connectivity index (χ0n) is 10.5. The SMILES string of the molecule is CCc1noc2ncnc(Nc3ccc(F)cc3F)c12. The summed E-state index contributed by atoms with van der Waals surface area (Å²) < 4.78 is 31.6. The molecule has 0 spiro atoms. The molecule has 5 nitrogen and oxygen atoms in total. The average Bonchev–Trinajstić information content (AvgIpc) is 2.86. The molecule has 7 heteroatoms. The Balaban J connectivity index is 2.08. The van der Waals surface area contributed by atoms with Crippen molar-refractivity contribution in [1.29, 1.82) is 0 Å². The van der Waals surface area contributed by atoms with E-state index in [1.54, 1.807) is 0 Å². The molecule has 3 rings (SSSR count). The molecule has 3 aromatic rings. The minimum atomic E-state index is -0.703. The highest BCUT2D eigenvalue weighted by molar-refractivity contribution is 5.89. The van der Waals surface area contributed by atoms with Crippen molar-refractivity contribution in [2.45, 2.75) is 13.3 Å². The van der Waals surface area contributed by atoms with Crippen LogP contribution in [-0.4, -0.2) is 15.1 Å². The van der Waals surface area contributed by atoms with Crippen molar-refractivity contribution >= 4 is 22.6 Å². The van der Waals surface area contributed by atoms with E-state index in [0.717, 1.165) is 12.1 Å². The third-order valence-electron chi connectivity index (χ3n) is 2.86. The molecular weight excluding hydrogens is 266 g/mol. The number of halogens is 2. The number of nitrogens with one attached hydrogen (secondary N) is 1. The van der Waals surface area contributed by atoms with E-state index in [1.165, 1.54) is 12.4 Å². The summed E-state index contributed by atoms with van der Waals surface area (Å²) in [5.74, 6) is -0.968. The first-order valence-electron chi connectivity index (χ1n) is 6.00. The summed E-state index contributed by atoms with van der Waals surface area (Å²) in [5.41, 5.74) is 1.11. The van der Waals surface area contributed by atoms with Gasteiger partial charge in [0, 0.05) is 6.07 Å². The number of fused-ring (bicyclic) bond motifs is 1. The standard InChI is InChI=1S/C13H10F2N4O/c1-2-9-11-12(16-6-17-13(11)20-19-9)18-10-4-3-7(14)5-8(10)15/h3-6H,2H2,1H3,(H,16,17,18). The predicted molar refractivity (Wildman–Crippen MR) is 68.6 cm³/mol. The van der Waals surface area contributed by atoms with E-state index >= 15 is 0 Å². The van der Waals surface area contributed by atoms with Crippen molar-refractivity contribution in [1.82, 2.24) is 15.1 Å². The maximum absolute atomic E-state index is 13.7. The fraction of sp³-hybridized carbons (Fsp3) is 0.154. The Labute approximate surface area is 112 Å². The zero-order valence-corrected chi connectivity index (χ0v) is 10.5. The average molecular weight is 276 g/mol. The lowest BCUT2D eigenvalue weighted by Crippen LogP contribution is -1.99. The normalized spacial score (nSPS) is 10.9. The molecule has 0 atom stereocenters. The van der Waals surface area contributed by atoms with Crippen LogP contribution >= 0.6 is 0 Å². The van der Waals surface area contributed by atoms with Gasteiger partial charge >= 0.3 is 0 Å². The highest BCUT2D eigenvalue weighted by Gasteiger charge is 2.15. The molecule has 0 aliphatic carbocycles. The summed E-state index contributed by atoms with van der Waals surface area (Å²) in [6.45, 7) is 1.91. The molecule has 0 fully saturated rings. The first-order valence-corrected chi connectivity index (χ1v) is 6.00. The van der Waals surface area contributed by atoms with E-state index in [1.807, 2.05) is 6.92 Å². The third-order valence-corrected chi connectivity index (χ3v) is 2.86. The van der Waals surface area contributed by atoms with Crippen molar-refractivity contribution in [3.63, 3.8) is 0 Å². The number of rotatable bonds is 3. The number of hydrogen-bond acceptors (Lipinski definition) is 5. The molecule has 0 amide bonds. The highest BCUT2D eigenvalue weighted by Crippen LogP contribution is 2.27. The maximum atomic E-state index is 13.7. The Morgan fingerprint density at radius 2 is 2.10 bits per heavy atom. The van der Waals surface area contributed by atoms with Crippen molar-refractivity contribution in [3.05, 3.63) is 41.9 Å². The van der Waals surface area contributed by atoms with Gasteiger partial charge in [-0.15, -0.1) is 0 Å². The number of anilines is 2. The molecule has 0 saturated heterocycles. The van der Waals surface area contributed by atoms with Crippen LogP contribution in [0, 0.1) is 11.6 Å². The van der Waals surface area contributed by atoms with Gasteiger partial charge in [-0.3, -0.25) is 0 Å². The highest BCUT2D eigenvalue weighted by atomic mass is 19.1. The van der Waals surface area contributed by atoms with Crippen LogP contribution in [0.4, 0.5) is 20.3 Å². The van der Waals surface area contributed by atoms with Crippen LogP contribution in [0.1, 0.15) is 12.6 Å². The summed E-state index contributed by atoms with van der Waals surface area (Å²) in [5, 5.41) is 7.29. The van der Waals surface area contributed by atoms with Crippen LogP contribution in [0.15, 0.2) is 29.0 Å². The minimum absolute atomic E-state index is 0.120. The molecular formula is C13H10F2N4O. The van der Waals surface area contributed by atoms with Crippen LogP contribution in [0.5, 0.6) is 0 Å². The maximum Gasteiger partial charge on any atom is 0.263 e. The number of nitrogens with zero attached hydrogens (tertiary/aromatic N) is 3. The van der Waals surface area contributed by atoms with Crippen molar-refractivity contribution in [2.75, 3.05) is 5.32 Å². The molecule has 102 valence electrons. The van der Waals surface area contributed by atoms with E-state index < -0.39 is 11.6 Å². The van der Waals surface area contributed by atoms with Gasteiger partial charge in [0.1, 0.15) is 29.2 Å². The quantitative estimate of drug-likeness (QED) is 0.795. The molecule has 1 N–H and O–H groups in total. The van der Waals surface area contributed by atoms with Crippen LogP contribution in [0.2, 0.25) is 0 Å². The number of benzene rings is 1. The van der Waals surface area contributed by atoms with Gasteiger partial charge in [0.2, 0.25) is 0 Å². The van der Waals surface area contributed by atoms with Gasteiger partial charge < -0.3 is 9.84 Å². The summed E-state index contributed by atoms with van der Waals surface area (Å²) in [4.78, 5) is 8.02. The lowest BCUT2D eigenvalue weighted by atomic mass is 10.2.